The van der Waals surface area contributed by atoms with Crippen LogP contribution in [0.3, 0.4) is 0 Å². The fourth-order valence-corrected chi connectivity index (χ4v) is 4.04. The van der Waals surface area contributed by atoms with E-state index in [-0.39, 0.29) is 18.2 Å². The zero-order valence-corrected chi connectivity index (χ0v) is 15.7. The number of rotatable bonds is 4. The SMILES string of the molecule is Cc1ccc(Cc2cnc(NC(=O)C3CC(=O)Nc4ccccc43)s2)cc1. The van der Waals surface area contributed by atoms with Crippen LogP contribution in [0, 0.1) is 6.92 Å². The molecule has 6 heteroatoms. The summed E-state index contributed by atoms with van der Waals surface area (Å²) in [5, 5.41) is 6.25. The van der Waals surface area contributed by atoms with Crippen LogP contribution in [0.2, 0.25) is 0 Å². The number of benzene rings is 2. The van der Waals surface area contributed by atoms with Gasteiger partial charge in [0.25, 0.3) is 0 Å². The zero-order valence-electron chi connectivity index (χ0n) is 14.9. The first-order valence-electron chi connectivity index (χ1n) is 8.78. The molecule has 4 rings (SSSR count). The molecule has 27 heavy (non-hydrogen) atoms. The van der Waals surface area contributed by atoms with Gasteiger partial charge in [-0.2, -0.15) is 0 Å². The molecule has 0 saturated heterocycles. The lowest BCUT2D eigenvalue weighted by Crippen LogP contribution is -2.30. The van der Waals surface area contributed by atoms with Crippen LogP contribution in [-0.4, -0.2) is 16.8 Å². The van der Waals surface area contributed by atoms with Crippen molar-refractivity contribution in [2.45, 2.75) is 25.7 Å². The van der Waals surface area contributed by atoms with Crippen molar-refractivity contribution in [2.75, 3.05) is 10.6 Å². The average Bonchev–Trinajstić information content (AvgIpc) is 3.09. The average molecular weight is 377 g/mol. The summed E-state index contributed by atoms with van der Waals surface area (Å²) in [5.41, 5.74) is 3.98. The van der Waals surface area contributed by atoms with E-state index in [1.54, 1.807) is 6.20 Å². The Labute approximate surface area is 161 Å². The molecule has 2 aromatic carbocycles. The minimum absolute atomic E-state index is 0.143. The number of nitrogens with zero attached hydrogens (tertiary/aromatic N) is 1. The van der Waals surface area contributed by atoms with Crippen molar-refractivity contribution < 1.29 is 9.59 Å². The topological polar surface area (TPSA) is 71.1 Å². The second-order valence-electron chi connectivity index (χ2n) is 6.68. The van der Waals surface area contributed by atoms with Crippen LogP contribution >= 0.6 is 11.3 Å². The molecule has 5 nitrogen and oxygen atoms in total. The molecule has 1 unspecified atom stereocenters. The molecule has 0 radical (unpaired) electrons. The molecule has 0 saturated carbocycles. The van der Waals surface area contributed by atoms with Crippen molar-refractivity contribution in [1.82, 2.24) is 4.98 Å². The number of aromatic nitrogens is 1. The molecule has 1 atom stereocenters. The van der Waals surface area contributed by atoms with E-state index in [0.717, 1.165) is 16.9 Å². The molecule has 2 N–H and O–H groups in total. The second-order valence-corrected chi connectivity index (χ2v) is 7.79. The van der Waals surface area contributed by atoms with Crippen LogP contribution in [0.4, 0.5) is 10.8 Å². The summed E-state index contributed by atoms with van der Waals surface area (Å²) in [6.45, 7) is 2.06. The van der Waals surface area contributed by atoms with Gasteiger partial charge in [0.1, 0.15) is 0 Å². The van der Waals surface area contributed by atoms with Crippen molar-refractivity contribution >= 4 is 34.0 Å². The molecule has 0 bridgehead atoms. The van der Waals surface area contributed by atoms with E-state index in [4.69, 9.17) is 0 Å². The number of nitrogens with one attached hydrogen (secondary N) is 2. The molecule has 1 aliphatic rings. The highest BCUT2D eigenvalue weighted by Gasteiger charge is 2.30. The number of thiazole rings is 1. The largest absolute Gasteiger partial charge is 0.326 e. The van der Waals surface area contributed by atoms with Gasteiger partial charge >= 0.3 is 0 Å². The number of amides is 2. The summed E-state index contributed by atoms with van der Waals surface area (Å²) in [5.74, 6) is -0.846. The van der Waals surface area contributed by atoms with E-state index in [2.05, 4.69) is 46.8 Å². The zero-order chi connectivity index (χ0) is 18.8. The highest BCUT2D eigenvalue weighted by molar-refractivity contribution is 7.15. The number of hydrogen-bond acceptors (Lipinski definition) is 4. The molecule has 1 aromatic heterocycles. The molecule has 0 aliphatic carbocycles. The van der Waals surface area contributed by atoms with Gasteiger partial charge in [0.2, 0.25) is 11.8 Å². The predicted molar refractivity (Wildman–Crippen MR) is 107 cm³/mol. The first-order chi connectivity index (χ1) is 13.1. The van der Waals surface area contributed by atoms with E-state index in [1.165, 1.54) is 22.5 Å². The fraction of sp³-hybridized carbons (Fsp3) is 0.190. The van der Waals surface area contributed by atoms with Crippen LogP contribution in [0.5, 0.6) is 0 Å². The summed E-state index contributed by atoms with van der Waals surface area (Å²) in [6.07, 6.45) is 2.72. The first kappa shape index (κ1) is 17.4. The Morgan fingerprint density at radius 1 is 1.22 bits per heavy atom. The minimum Gasteiger partial charge on any atom is -0.326 e. The Morgan fingerprint density at radius 2 is 2.00 bits per heavy atom. The Morgan fingerprint density at radius 3 is 2.81 bits per heavy atom. The van der Waals surface area contributed by atoms with E-state index in [1.807, 2.05) is 24.3 Å². The normalized spacial score (nSPS) is 15.7. The van der Waals surface area contributed by atoms with Crippen LogP contribution in [0.15, 0.2) is 54.7 Å². The second kappa shape index (κ2) is 7.32. The molecule has 2 amide bonds. The first-order valence-corrected chi connectivity index (χ1v) is 9.60. The Hall–Kier alpha value is -2.99. The van der Waals surface area contributed by atoms with Crippen LogP contribution in [-0.2, 0) is 16.0 Å². The standard InChI is InChI=1S/C21H19N3O2S/c1-13-6-8-14(9-7-13)10-15-12-22-21(27-15)24-20(26)17-11-19(25)23-18-5-3-2-4-16(17)18/h2-9,12,17H,10-11H2,1H3,(H,23,25)(H,22,24,26). The quantitative estimate of drug-likeness (QED) is 0.719. The van der Waals surface area contributed by atoms with Crippen molar-refractivity contribution in [2.24, 2.45) is 0 Å². The third kappa shape index (κ3) is 3.90. The number of carbonyl (C=O) groups is 2. The number of fused-ring (bicyclic) bond motifs is 1. The van der Waals surface area contributed by atoms with Gasteiger partial charge in [0.15, 0.2) is 5.13 Å². The third-order valence-corrected chi connectivity index (χ3v) is 5.51. The molecule has 3 aromatic rings. The lowest BCUT2D eigenvalue weighted by Gasteiger charge is -2.24. The maximum absolute atomic E-state index is 12.8. The molecule has 136 valence electrons. The fourth-order valence-electron chi connectivity index (χ4n) is 3.19. The predicted octanol–water partition coefficient (Wildman–Crippen LogP) is 4.11. The van der Waals surface area contributed by atoms with Gasteiger partial charge < -0.3 is 10.6 Å². The maximum atomic E-state index is 12.8. The monoisotopic (exact) mass is 377 g/mol. The highest BCUT2D eigenvalue weighted by Crippen LogP contribution is 2.33. The molecule has 0 fully saturated rings. The minimum atomic E-state index is -0.501. The lowest BCUT2D eigenvalue weighted by molar-refractivity contribution is -0.123. The van der Waals surface area contributed by atoms with Gasteiger partial charge in [-0.3, -0.25) is 9.59 Å². The van der Waals surface area contributed by atoms with Crippen molar-refractivity contribution in [3.05, 3.63) is 76.3 Å². The highest BCUT2D eigenvalue weighted by atomic mass is 32.1. The molecule has 1 aliphatic heterocycles. The van der Waals surface area contributed by atoms with Crippen LogP contribution in [0.25, 0.3) is 0 Å². The van der Waals surface area contributed by atoms with Gasteiger partial charge in [-0.15, -0.1) is 11.3 Å². The number of para-hydroxylation sites is 1. The number of aryl methyl sites for hydroxylation is 1. The smallest absolute Gasteiger partial charge is 0.234 e. The molecular weight excluding hydrogens is 358 g/mol. The number of anilines is 2. The van der Waals surface area contributed by atoms with Crippen LogP contribution < -0.4 is 10.6 Å². The Balaban J connectivity index is 1.47. The lowest BCUT2D eigenvalue weighted by atomic mass is 9.90. The Kier molecular flexibility index (Phi) is 4.73. The van der Waals surface area contributed by atoms with Crippen molar-refractivity contribution in [1.29, 1.82) is 0 Å². The third-order valence-electron chi connectivity index (χ3n) is 4.60. The van der Waals surface area contributed by atoms with E-state index >= 15 is 0 Å². The van der Waals surface area contributed by atoms with Crippen molar-refractivity contribution in [3.8, 4) is 0 Å². The summed E-state index contributed by atoms with van der Waals surface area (Å²) in [6, 6.07) is 15.8. The summed E-state index contributed by atoms with van der Waals surface area (Å²) in [4.78, 5) is 30.1. The van der Waals surface area contributed by atoms with Gasteiger partial charge in [-0.25, -0.2) is 4.98 Å². The number of hydrogen-bond donors (Lipinski definition) is 2. The van der Waals surface area contributed by atoms with Crippen molar-refractivity contribution in [3.63, 3.8) is 0 Å². The van der Waals surface area contributed by atoms with Gasteiger partial charge in [0.05, 0.1) is 5.92 Å². The summed E-state index contributed by atoms with van der Waals surface area (Å²) in [7, 11) is 0. The molecule has 0 spiro atoms. The summed E-state index contributed by atoms with van der Waals surface area (Å²) >= 11 is 1.46. The van der Waals surface area contributed by atoms with E-state index in [0.29, 0.717) is 10.8 Å². The maximum Gasteiger partial charge on any atom is 0.234 e. The van der Waals surface area contributed by atoms with Gasteiger partial charge in [-0.1, -0.05) is 48.0 Å². The van der Waals surface area contributed by atoms with E-state index in [9.17, 15) is 9.59 Å². The van der Waals surface area contributed by atoms with Gasteiger partial charge in [-0.05, 0) is 24.1 Å². The van der Waals surface area contributed by atoms with E-state index < -0.39 is 5.92 Å². The molecule has 2 heterocycles. The van der Waals surface area contributed by atoms with Gasteiger partial charge in [0, 0.05) is 29.6 Å². The number of carbonyl (C=O) groups excluding carboxylic acids is 2. The summed E-state index contributed by atoms with van der Waals surface area (Å²) < 4.78 is 0. The molecular formula is C21H19N3O2S. The Bertz CT molecular complexity index is 995. The van der Waals surface area contributed by atoms with Crippen LogP contribution in [0.1, 0.15) is 33.9 Å².